The van der Waals surface area contributed by atoms with E-state index in [1.165, 1.54) is 12.3 Å². The van der Waals surface area contributed by atoms with Crippen LogP contribution in [0.4, 0.5) is 4.79 Å². The fourth-order valence-corrected chi connectivity index (χ4v) is 0.821. The highest BCUT2D eigenvalue weighted by Crippen LogP contribution is 2.10. The van der Waals surface area contributed by atoms with Crippen molar-refractivity contribution in [2.45, 2.75) is 32.6 Å². The third-order valence-corrected chi connectivity index (χ3v) is 1.28. The number of aliphatic hydroxyl groups excluding tert-OH is 1. The maximum absolute atomic E-state index is 11.3. The SMILES string of the molecule is CC(C)(C)OC(=O)N1C=CC(O)N1. The first-order chi connectivity index (χ1) is 5.88. The lowest BCUT2D eigenvalue weighted by molar-refractivity contribution is 0.0168. The molecule has 74 valence electrons. The Hall–Kier alpha value is -1.07. The van der Waals surface area contributed by atoms with Crippen LogP contribution in [0.2, 0.25) is 0 Å². The average molecular weight is 186 g/mol. The number of carbonyl (C=O) groups is 1. The van der Waals surface area contributed by atoms with Crippen LogP contribution in [0.5, 0.6) is 0 Å². The van der Waals surface area contributed by atoms with Crippen LogP contribution in [0.1, 0.15) is 20.8 Å². The highest BCUT2D eigenvalue weighted by atomic mass is 16.6. The maximum Gasteiger partial charge on any atom is 0.429 e. The molecule has 0 aromatic heterocycles. The average Bonchev–Trinajstić information content (AvgIpc) is 2.31. The highest BCUT2D eigenvalue weighted by Gasteiger charge is 2.24. The second-order valence-corrected chi connectivity index (χ2v) is 3.77. The molecule has 0 aliphatic carbocycles. The molecule has 0 saturated heterocycles. The quantitative estimate of drug-likeness (QED) is 0.580. The first kappa shape index (κ1) is 10.0. The van der Waals surface area contributed by atoms with Crippen LogP contribution in [-0.2, 0) is 4.74 Å². The lowest BCUT2D eigenvalue weighted by atomic mass is 10.2. The molecule has 0 spiro atoms. The molecule has 1 aliphatic rings. The zero-order valence-electron chi connectivity index (χ0n) is 7.94. The Morgan fingerprint density at radius 1 is 1.62 bits per heavy atom. The van der Waals surface area contributed by atoms with Gasteiger partial charge in [0.1, 0.15) is 11.8 Å². The van der Waals surface area contributed by atoms with Gasteiger partial charge in [-0.05, 0) is 26.8 Å². The van der Waals surface area contributed by atoms with Gasteiger partial charge in [-0.15, -0.1) is 0 Å². The zero-order chi connectivity index (χ0) is 10.1. The van der Waals surface area contributed by atoms with Crippen LogP contribution in [0.3, 0.4) is 0 Å². The van der Waals surface area contributed by atoms with Gasteiger partial charge in [-0.3, -0.25) is 0 Å². The van der Waals surface area contributed by atoms with Crippen LogP contribution < -0.4 is 5.43 Å². The largest absolute Gasteiger partial charge is 0.442 e. The predicted molar refractivity (Wildman–Crippen MR) is 46.4 cm³/mol. The first-order valence-corrected chi connectivity index (χ1v) is 4.03. The van der Waals surface area contributed by atoms with Gasteiger partial charge in [0.15, 0.2) is 0 Å². The first-order valence-electron chi connectivity index (χ1n) is 4.03. The Kier molecular flexibility index (Phi) is 2.58. The summed E-state index contributed by atoms with van der Waals surface area (Å²) >= 11 is 0. The molecule has 0 radical (unpaired) electrons. The number of amides is 1. The van der Waals surface area contributed by atoms with E-state index < -0.39 is 17.9 Å². The summed E-state index contributed by atoms with van der Waals surface area (Å²) < 4.78 is 5.03. The van der Waals surface area contributed by atoms with Gasteiger partial charge in [0.05, 0.1) is 0 Å². The van der Waals surface area contributed by atoms with Gasteiger partial charge >= 0.3 is 6.09 Å². The molecule has 0 bridgehead atoms. The van der Waals surface area contributed by atoms with Crippen LogP contribution in [0.25, 0.3) is 0 Å². The lowest BCUT2D eigenvalue weighted by Gasteiger charge is -2.23. The molecule has 5 nitrogen and oxygen atoms in total. The number of carbonyl (C=O) groups excluding carboxylic acids is 1. The molecule has 0 aromatic rings. The summed E-state index contributed by atoms with van der Waals surface area (Å²) in [5.74, 6) is 0. The minimum atomic E-state index is -0.812. The number of hydrogen-bond donors (Lipinski definition) is 2. The number of ether oxygens (including phenoxy) is 1. The Labute approximate surface area is 76.9 Å². The molecule has 2 N–H and O–H groups in total. The normalized spacial score (nSPS) is 22.2. The third-order valence-electron chi connectivity index (χ3n) is 1.28. The lowest BCUT2D eigenvalue weighted by Crippen LogP contribution is -2.42. The fraction of sp³-hybridized carbons (Fsp3) is 0.625. The van der Waals surface area contributed by atoms with E-state index in [9.17, 15) is 4.79 Å². The van der Waals surface area contributed by atoms with E-state index in [4.69, 9.17) is 9.84 Å². The van der Waals surface area contributed by atoms with E-state index in [-0.39, 0.29) is 0 Å². The molecule has 1 rings (SSSR count). The smallest absolute Gasteiger partial charge is 0.429 e. The van der Waals surface area contributed by atoms with Gasteiger partial charge < -0.3 is 9.84 Å². The molecule has 0 fully saturated rings. The Morgan fingerprint density at radius 2 is 2.23 bits per heavy atom. The van der Waals surface area contributed by atoms with Gasteiger partial charge in [0.2, 0.25) is 0 Å². The molecular formula is C8H14N2O3. The predicted octanol–water partition coefficient (Wildman–Crippen LogP) is 0.574. The number of aliphatic hydroxyl groups is 1. The second kappa shape index (κ2) is 3.35. The third kappa shape index (κ3) is 3.04. The summed E-state index contributed by atoms with van der Waals surface area (Å²) in [6.45, 7) is 5.34. The Balaban J connectivity index is 2.46. The fourth-order valence-electron chi connectivity index (χ4n) is 0.821. The van der Waals surface area contributed by atoms with Gasteiger partial charge in [0, 0.05) is 6.20 Å². The summed E-state index contributed by atoms with van der Waals surface area (Å²) in [6, 6.07) is 0. The highest BCUT2D eigenvalue weighted by molar-refractivity contribution is 5.69. The van der Waals surface area contributed by atoms with Gasteiger partial charge in [0.25, 0.3) is 0 Å². The van der Waals surface area contributed by atoms with Gasteiger partial charge in [-0.2, -0.15) is 5.43 Å². The Bertz CT molecular complexity index is 232. The number of nitrogens with zero attached hydrogens (tertiary/aromatic N) is 1. The van der Waals surface area contributed by atoms with Gasteiger partial charge in [-0.25, -0.2) is 9.80 Å². The molecule has 1 atom stereocenters. The standard InChI is InChI=1S/C8H14N2O3/c1-8(2,3)13-7(12)10-5-4-6(11)9-10/h4-6,9,11H,1-3H3. The topological polar surface area (TPSA) is 61.8 Å². The number of rotatable bonds is 0. The van der Waals surface area contributed by atoms with Crippen molar-refractivity contribution in [2.75, 3.05) is 0 Å². The molecule has 1 amide bonds. The maximum atomic E-state index is 11.3. The monoisotopic (exact) mass is 186 g/mol. The number of nitrogens with one attached hydrogen (secondary N) is 1. The van der Waals surface area contributed by atoms with E-state index in [0.29, 0.717) is 0 Å². The summed E-state index contributed by atoms with van der Waals surface area (Å²) in [7, 11) is 0. The number of hydrazine groups is 1. The number of hydrogen-bond acceptors (Lipinski definition) is 4. The van der Waals surface area contributed by atoms with E-state index in [1.807, 2.05) is 0 Å². The van der Waals surface area contributed by atoms with E-state index >= 15 is 0 Å². The van der Waals surface area contributed by atoms with Crippen LogP contribution in [-0.4, -0.2) is 28.0 Å². The molecule has 1 heterocycles. The molecule has 13 heavy (non-hydrogen) atoms. The molecular weight excluding hydrogens is 172 g/mol. The van der Waals surface area contributed by atoms with Crippen molar-refractivity contribution < 1.29 is 14.6 Å². The van der Waals surface area contributed by atoms with Crippen molar-refractivity contribution in [3.63, 3.8) is 0 Å². The minimum Gasteiger partial charge on any atom is -0.442 e. The van der Waals surface area contributed by atoms with Crippen LogP contribution in [0, 0.1) is 0 Å². The van der Waals surface area contributed by atoms with Crippen molar-refractivity contribution in [3.8, 4) is 0 Å². The molecule has 0 aromatic carbocycles. The second-order valence-electron chi connectivity index (χ2n) is 3.77. The van der Waals surface area contributed by atoms with Crippen molar-refractivity contribution in [1.82, 2.24) is 10.4 Å². The van der Waals surface area contributed by atoms with Crippen molar-refractivity contribution in [2.24, 2.45) is 0 Å². The summed E-state index contributed by atoms with van der Waals surface area (Å²) in [4.78, 5) is 11.3. The van der Waals surface area contributed by atoms with Crippen molar-refractivity contribution in [1.29, 1.82) is 0 Å². The summed E-state index contributed by atoms with van der Waals surface area (Å²) in [6.07, 6.45) is 1.54. The van der Waals surface area contributed by atoms with E-state index in [0.717, 1.165) is 5.01 Å². The van der Waals surface area contributed by atoms with Crippen LogP contribution in [0.15, 0.2) is 12.3 Å². The molecule has 1 unspecified atom stereocenters. The Morgan fingerprint density at radius 3 is 2.62 bits per heavy atom. The molecule has 5 heteroatoms. The molecule has 1 aliphatic heterocycles. The van der Waals surface area contributed by atoms with Gasteiger partial charge in [-0.1, -0.05) is 0 Å². The van der Waals surface area contributed by atoms with Crippen molar-refractivity contribution >= 4 is 6.09 Å². The van der Waals surface area contributed by atoms with Crippen molar-refractivity contribution in [3.05, 3.63) is 12.3 Å². The zero-order valence-corrected chi connectivity index (χ0v) is 7.94. The summed E-state index contributed by atoms with van der Waals surface area (Å²) in [5.41, 5.74) is 1.95. The van der Waals surface area contributed by atoms with Crippen LogP contribution >= 0.6 is 0 Å². The molecule has 0 saturated carbocycles. The van der Waals surface area contributed by atoms with E-state index in [1.54, 1.807) is 20.8 Å². The minimum absolute atomic E-state index is 0.527. The van der Waals surface area contributed by atoms with E-state index in [2.05, 4.69) is 5.43 Å². The summed E-state index contributed by atoms with van der Waals surface area (Å²) in [5, 5.41) is 10.1.